The van der Waals surface area contributed by atoms with Crippen LogP contribution in [0.1, 0.15) is 41.5 Å². The molecule has 0 bridgehead atoms. The SMILES string of the molecule is CC(C)(C)OC(=O)N(CCN(C(=O)OC(C)(C)C)c1ccc(N)cn1)c1ccc(N)cn1. The molecule has 2 heterocycles. The Labute approximate surface area is 188 Å². The van der Waals surface area contributed by atoms with Crippen molar-refractivity contribution in [2.75, 3.05) is 34.4 Å². The predicted molar refractivity (Wildman–Crippen MR) is 124 cm³/mol. The molecule has 2 amide bonds. The Morgan fingerprint density at radius 3 is 1.34 bits per heavy atom. The van der Waals surface area contributed by atoms with E-state index in [1.165, 1.54) is 22.2 Å². The Bertz CT molecular complexity index is 840. The highest BCUT2D eigenvalue weighted by molar-refractivity contribution is 5.89. The highest BCUT2D eigenvalue weighted by Gasteiger charge is 2.28. The number of anilines is 4. The van der Waals surface area contributed by atoms with E-state index < -0.39 is 23.4 Å². The quantitative estimate of drug-likeness (QED) is 0.710. The Balaban J connectivity index is 2.33. The van der Waals surface area contributed by atoms with Gasteiger partial charge in [-0.3, -0.25) is 9.80 Å². The van der Waals surface area contributed by atoms with E-state index in [4.69, 9.17) is 20.9 Å². The molecule has 0 aliphatic carbocycles. The minimum atomic E-state index is -0.716. The Hall–Kier alpha value is -3.56. The number of hydrogen-bond donors (Lipinski definition) is 2. The molecule has 0 aliphatic rings. The lowest BCUT2D eigenvalue weighted by atomic mass is 10.2. The van der Waals surface area contributed by atoms with E-state index >= 15 is 0 Å². The largest absolute Gasteiger partial charge is 0.443 e. The van der Waals surface area contributed by atoms with Crippen molar-refractivity contribution in [3.8, 4) is 0 Å². The number of carbonyl (C=O) groups is 2. The number of pyridine rings is 2. The lowest BCUT2D eigenvalue weighted by Crippen LogP contribution is -2.45. The third-order valence-electron chi connectivity index (χ3n) is 3.87. The van der Waals surface area contributed by atoms with Crippen LogP contribution in [-0.2, 0) is 9.47 Å². The molecule has 2 rings (SSSR count). The molecular weight excluding hydrogens is 412 g/mol. The van der Waals surface area contributed by atoms with Gasteiger partial charge in [-0.05, 0) is 65.8 Å². The summed E-state index contributed by atoms with van der Waals surface area (Å²) >= 11 is 0. The van der Waals surface area contributed by atoms with Crippen LogP contribution in [0.2, 0.25) is 0 Å². The van der Waals surface area contributed by atoms with Gasteiger partial charge in [-0.1, -0.05) is 0 Å². The molecule has 0 saturated heterocycles. The zero-order valence-electron chi connectivity index (χ0n) is 19.5. The molecule has 2 aromatic heterocycles. The fourth-order valence-corrected chi connectivity index (χ4v) is 2.55. The van der Waals surface area contributed by atoms with Crippen LogP contribution in [0.15, 0.2) is 36.7 Å². The summed E-state index contributed by atoms with van der Waals surface area (Å²) in [6.45, 7) is 10.7. The fraction of sp³-hybridized carbons (Fsp3) is 0.455. The first-order valence-electron chi connectivity index (χ1n) is 10.2. The molecule has 0 aliphatic heterocycles. The second-order valence-corrected chi connectivity index (χ2v) is 9.16. The topological polar surface area (TPSA) is 137 Å². The van der Waals surface area contributed by atoms with E-state index in [1.807, 2.05) is 0 Å². The van der Waals surface area contributed by atoms with Gasteiger partial charge in [-0.2, -0.15) is 0 Å². The van der Waals surface area contributed by atoms with Gasteiger partial charge >= 0.3 is 12.2 Å². The van der Waals surface area contributed by atoms with Crippen LogP contribution in [0, 0.1) is 0 Å². The van der Waals surface area contributed by atoms with Crippen molar-refractivity contribution < 1.29 is 19.1 Å². The molecule has 0 saturated carbocycles. The van der Waals surface area contributed by atoms with Crippen molar-refractivity contribution >= 4 is 35.2 Å². The fourth-order valence-electron chi connectivity index (χ4n) is 2.55. The first-order valence-corrected chi connectivity index (χ1v) is 10.2. The number of nitrogens with zero attached hydrogens (tertiary/aromatic N) is 4. The van der Waals surface area contributed by atoms with Gasteiger partial charge in [-0.25, -0.2) is 19.6 Å². The number of carbonyl (C=O) groups excluding carboxylic acids is 2. The van der Waals surface area contributed by atoms with Crippen molar-refractivity contribution in [3.05, 3.63) is 36.7 Å². The summed E-state index contributed by atoms with van der Waals surface area (Å²) in [7, 11) is 0. The van der Waals surface area contributed by atoms with Crippen molar-refractivity contribution in [1.29, 1.82) is 0 Å². The number of amides is 2. The van der Waals surface area contributed by atoms with Crippen LogP contribution in [0.4, 0.5) is 32.6 Å². The smallest absolute Gasteiger partial charge is 0.416 e. The van der Waals surface area contributed by atoms with Crippen molar-refractivity contribution in [1.82, 2.24) is 9.97 Å². The molecule has 4 N–H and O–H groups in total. The molecule has 32 heavy (non-hydrogen) atoms. The summed E-state index contributed by atoms with van der Waals surface area (Å²) in [4.78, 5) is 36.9. The highest BCUT2D eigenvalue weighted by atomic mass is 16.6. The predicted octanol–water partition coefficient (Wildman–Crippen LogP) is 3.82. The Kier molecular flexibility index (Phi) is 7.50. The summed E-state index contributed by atoms with van der Waals surface area (Å²) in [6.07, 6.45) is 1.67. The van der Waals surface area contributed by atoms with Gasteiger partial charge in [0, 0.05) is 13.1 Å². The second-order valence-electron chi connectivity index (χ2n) is 9.16. The van der Waals surface area contributed by atoms with Gasteiger partial charge in [0.15, 0.2) is 0 Å². The average Bonchev–Trinajstić information content (AvgIpc) is 2.64. The van der Waals surface area contributed by atoms with Crippen LogP contribution in [-0.4, -0.2) is 46.4 Å². The summed E-state index contributed by atoms with van der Waals surface area (Å²) < 4.78 is 11.1. The molecule has 0 spiro atoms. The molecule has 10 nitrogen and oxygen atoms in total. The zero-order valence-corrected chi connectivity index (χ0v) is 19.5. The van der Waals surface area contributed by atoms with E-state index in [1.54, 1.807) is 65.8 Å². The van der Waals surface area contributed by atoms with Crippen LogP contribution in [0.5, 0.6) is 0 Å². The standard InChI is InChI=1S/C22H32N6O4/c1-21(2,3)31-19(29)27(17-9-7-15(23)13-25-17)11-12-28(20(30)32-22(4,5)6)18-10-8-16(24)14-26-18/h7-10,13-14H,11-12,23-24H2,1-6H3. The van der Waals surface area contributed by atoms with Crippen molar-refractivity contribution in [2.24, 2.45) is 0 Å². The van der Waals surface area contributed by atoms with Crippen LogP contribution in [0.25, 0.3) is 0 Å². The third-order valence-corrected chi connectivity index (χ3v) is 3.87. The van der Waals surface area contributed by atoms with Crippen LogP contribution >= 0.6 is 0 Å². The maximum atomic E-state index is 12.9. The van der Waals surface area contributed by atoms with Crippen molar-refractivity contribution in [3.63, 3.8) is 0 Å². The molecular formula is C22H32N6O4. The van der Waals surface area contributed by atoms with Crippen molar-refractivity contribution in [2.45, 2.75) is 52.7 Å². The third kappa shape index (κ3) is 7.60. The molecule has 0 radical (unpaired) electrons. The van der Waals surface area contributed by atoms with Gasteiger partial charge in [0.2, 0.25) is 0 Å². The maximum absolute atomic E-state index is 12.9. The van der Waals surface area contributed by atoms with Gasteiger partial charge in [-0.15, -0.1) is 0 Å². The van der Waals surface area contributed by atoms with E-state index in [0.717, 1.165) is 0 Å². The van der Waals surface area contributed by atoms with Gasteiger partial charge in [0.1, 0.15) is 22.8 Å². The maximum Gasteiger partial charge on any atom is 0.416 e. The lowest BCUT2D eigenvalue weighted by molar-refractivity contribution is 0.0551. The first-order chi connectivity index (χ1) is 14.7. The first kappa shape index (κ1) is 24.7. The molecule has 10 heteroatoms. The summed E-state index contributed by atoms with van der Waals surface area (Å²) in [5, 5.41) is 0. The second kappa shape index (κ2) is 9.71. The number of aromatic nitrogens is 2. The number of nitrogens with two attached hydrogens (primary N) is 2. The summed E-state index contributed by atoms with van der Waals surface area (Å²) in [6, 6.07) is 6.48. The van der Waals surface area contributed by atoms with E-state index in [-0.39, 0.29) is 13.1 Å². The monoisotopic (exact) mass is 444 g/mol. The summed E-state index contributed by atoms with van der Waals surface area (Å²) in [5.74, 6) is 0.672. The molecule has 0 aromatic carbocycles. The highest BCUT2D eigenvalue weighted by Crippen LogP contribution is 2.20. The van der Waals surface area contributed by atoms with Crippen LogP contribution < -0.4 is 21.3 Å². The number of rotatable bonds is 5. The molecule has 0 unspecified atom stereocenters. The van der Waals surface area contributed by atoms with E-state index in [9.17, 15) is 9.59 Å². The molecule has 2 aromatic rings. The average molecular weight is 445 g/mol. The zero-order chi connectivity index (χ0) is 24.1. The van der Waals surface area contributed by atoms with Gasteiger partial charge in [0.25, 0.3) is 0 Å². The Morgan fingerprint density at radius 2 is 1.09 bits per heavy atom. The normalized spacial score (nSPS) is 11.6. The number of hydrogen-bond acceptors (Lipinski definition) is 8. The molecule has 0 fully saturated rings. The summed E-state index contributed by atoms with van der Waals surface area (Å²) in [5.41, 5.74) is 10.9. The van der Waals surface area contributed by atoms with Gasteiger partial charge in [0.05, 0.1) is 23.8 Å². The number of nitrogen functional groups attached to an aromatic ring is 2. The van der Waals surface area contributed by atoms with E-state index in [2.05, 4.69) is 9.97 Å². The van der Waals surface area contributed by atoms with E-state index in [0.29, 0.717) is 23.0 Å². The Morgan fingerprint density at radius 1 is 0.750 bits per heavy atom. The lowest BCUT2D eigenvalue weighted by Gasteiger charge is -2.30. The molecule has 174 valence electrons. The molecule has 0 atom stereocenters. The minimum absolute atomic E-state index is 0.0666. The minimum Gasteiger partial charge on any atom is -0.443 e. The number of ether oxygens (including phenoxy) is 2. The van der Waals surface area contributed by atoms with Gasteiger partial charge < -0.3 is 20.9 Å². The van der Waals surface area contributed by atoms with Crippen LogP contribution in [0.3, 0.4) is 0 Å².